The van der Waals surface area contributed by atoms with Crippen LogP contribution in [0.5, 0.6) is 0 Å². The van der Waals surface area contributed by atoms with Gasteiger partial charge < -0.3 is 4.90 Å². The van der Waals surface area contributed by atoms with Gasteiger partial charge in [-0.05, 0) is 24.3 Å². The van der Waals surface area contributed by atoms with Crippen LogP contribution in [0.25, 0.3) is 0 Å². The summed E-state index contributed by atoms with van der Waals surface area (Å²) in [4.78, 5) is 17.7. The first kappa shape index (κ1) is 14.0. The van der Waals surface area contributed by atoms with Crippen LogP contribution in [0.1, 0.15) is 49.9 Å². The van der Waals surface area contributed by atoms with Gasteiger partial charge in [0.25, 0.3) is 5.91 Å². The van der Waals surface area contributed by atoms with Gasteiger partial charge in [-0.15, -0.1) is 0 Å². The van der Waals surface area contributed by atoms with Gasteiger partial charge >= 0.3 is 0 Å². The average Bonchev–Trinajstić information content (AvgIpc) is 2.47. The molecule has 1 aromatic rings. The third-order valence-electron chi connectivity index (χ3n) is 4.61. The van der Waals surface area contributed by atoms with Crippen LogP contribution in [0.3, 0.4) is 0 Å². The van der Waals surface area contributed by atoms with Crippen LogP contribution < -0.4 is 0 Å². The molecule has 104 valence electrons. The molecule has 4 heteroatoms. The summed E-state index contributed by atoms with van der Waals surface area (Å²) in [5.41, 5.74) is 0.503. The van der Waals surface area contributed by atoms with E-state index in [2.05, 4.69) is 18.8 Å². The third-order valence-corrected chi connectivity index (χ3v) is 4.61. The Hall–Kier alpha value is -1.45. The number of nitrogens with zero attached hydrogens (tertiary/aromatic N) is 2. The summed E-state index contributed by atoms with van der Waals surface area (Å²) in [6, 6.07) is 1.46. The second-order valence-corrected chi connectivity index (χ2v) is 5.35. The van der Waals surface area contributed by atoms with E-state index in [1.54, 1.807) is 4.90 Å². The molecular weight excluding hydrogens is 243 g/mol. The first-order valence-corrected chi connectivity index (χ1v) is 7.00. The van der Waals surface area contributed by atoms with E-state index in [-0.39, 0.29) is 11.5 Å². The van der Waals surface area contributed by atoms with Crippen molar-refractivity contribution in [2.45, 2.75) is 39.5 Å². The number of amides is 1. The van der Waals surface area contributed by atoms with E-state index in [9.17, 15) is 9.18 Å². The quantitative estimate of drug-likeness (QED) is 0.839. The fourth-order valence-corrected chi connectivity index (χ4v) is 2.86. The molecule has 0 spiro atoms. The highest BCUT2D eigenvalue weighted by atomic mass is 19.1. The SMILES string of the molecule is CCC1(CC)CCN(C(=O)c2ccncc2F)CC1. The molecule has 0 saturated carbocycles. The molecule has 1 aromatic heterocycles. The van der Waals surface area contributed by atoms with Gasteiger partial charge in [-0.1, -0.05) is 26.7 Å². The zero-order chi connectivity index (χ0) is 13.9. The molecule has 3 nitrogen and oxygen atoms in total. The number of hydrogen-bond acceptors (Lipinski definition) is 2. The molecule has 0 atom stereocenters. The summed E-state index contributed by atoms with van der Waals surface area (Å²) >= 11 is 0. The van der Waals surface area contributed by atoms with Crippen LogP contribution in [0.2, 0.25) is 0 Å². The summed E-state index contributed by atoms with van der Waals surface area (Å²) in [7, 11) is 0. The van der Waals surface area contributed by atoms with Gasteiger partial charge in [-0.25, -0.2) is 4.39 Å². The van der Waals surface area contributed by atoms with E-state index in [0.717, 1.165) is 45.0 Å². The summed E-state index contributed by atoms with van der Waals surface area (Å²) in [5, 5.41) is 0. The summed E-state index contributed by atoms with van der Waals surface area (Å²) in [6.45, 7) is 5.87. The predicted molar refractivity (Wildman–Crippen MR) is 72.3 cm³/mol. The van der Waals surface area contributed by atoms with Crippen LogP contribution in [0, 0.1) is 11.2 Å². The molecule has 0 radical (unpaired) electrons. The van der Waals surface area contributed by atoms with Crippen LogP contribution >= 0.6 is 0 Å². The van der Waals surface area contributed by atoms with Crippen LogP contribution in [-0.4, -0.2) is 28.9 Å². The molecule has 1 amide bonds. The molecule has 0 unspecified atom stereocenters. The lowest BCUT2D eigenvalue weighted by atomic mass is 9.74. The minimum absolute atomic E-state index is 0.135. The smallest absolute Gasteiger partial charge is 0.256 e. The highest BCUT2D eigenvalue weighted by Gasteiger charge is 2.33. The second-order valence-electron chi connectivity index (χ2n) is 5.35. The Morgan fingerprint density at radius 1 is 1.37 bits per heavy atom. The topological polar surface area (TPSA) is 33.2 Å². The monoisotopic (exact) mass is 264 g/mol. The molecule has 1 fully saturated rings. The van der Waals surface area contributed by atoms with E-state index in [0.29, 0.717) is 5.41 Å². The third kappa shape index (κ3) is 2.77. The molecule has 1 aliphatic rings. The largest absolute Gasteiger partial charge is 0.339 e. The lowest BCUT2D eigenvalue weighted by Crippen LogP contribution is -2.43. The Morgan fingerprint density at radius 2 is 2.00 bits per heavy atom. The average molecular weight is 264 g/mol. The highest BCUT2D eigenvalue weighted by molar-refractivity contribution is 5.94. The number of rotatable bonds is 3. The van der Waals surface area contributed by atoms with Gasteiger partial charge in [0.05, 0.1) is 11.8 Å². The maximum Gasteiger partial charge on any atom is 0.256 e. The summed E-state index contributed by atoms with van der Waals surface area (Å²) in [5.74, 6) is -0.740. The van der Waals surface area contributed by atoms with Crippen molar-refractivity contribution in [3.8, 4) is 0 Å². The molecule has 0 bridgehead atoms. The Labute approximate surface area is 113 Å². The number of piperidine rings is 1. The lowest BCUT2D eigenvalue weighted by Gasteiger charge is -2.41. The number of likely N-dealkylation sites (tertiary alicyclic amines) is 1. The van der Waals surface area contributed by atoms with Gasteiger partial charge in [0.2, 0.25) is 0 Å². The zero-order valence-electron chi connectivity index (χ0n) is 11.7. The molecule has 2 heterocycles. The number of aromatic nitrogens is 1. The molecule has 2 rings (SSSR count). The first-order chi connectivity index (χ1) is 9.12. The number of hydrogen-bond donors (Lipinski definition) is 0. The summed E-state index contributed by atoms with van der Waals surface area (Å²) < 4.78 is 13.6. The number of carbonyl (C=O) groups excluding carboxylic acids is 1. The zero-order valence-corrected chi connectivity index (χ0v) is 11.7. The van der Waals surface area contributed by atoms with Crippen molar-refractivity contribution in [2.75, 3.05) is 13.1 Å². The number of pyridine rings is 1. The van der Waals surface area contributed by atoms with E-state index < -0.39 is 5.82 Å². The molecule has 19 heavy (non-hydrogen) atoms. The van der Waals surface area contributed by atoms with Gasteiger partial charge in [-0.3, -0.25) is 9.78 Å². The van der Waals surface area contributed by atoms with Crippen molar-refractivity contribution < 1.29 is 9.18 Å². The van der Waals surface area contributed by atoms with E-state index in [1.165, 1.54) is 12.3 Å². The molecule has 1 aliphatic heterocycles. The van der Waals surface area contributed by atoms with Gasteiger partial charge in [0, 0.05) is 19.3 Å². The van der Waals surface area contributed by atoms with Gasteiger partial charge in [0.1, 0.15) is 0 Å². The van der Waals surface area contributed by atoms with Crippen molar-refractivity contribution in [2.24, 2.45) is 5.41 Å². The predicted octanol–water partition coefficient (Wildman–Crippen LogP) is 3.26. The standard InChI is InChI=1S/C15H21FN2O/c1-3-15(4-2)6-9-18(10-7-15)14(19)12-5-8-17-11-13(12)16/h5,8,11H,3-4,6-7,9-10H2,1-2H3. The Morgan fingerprint density at radius 3 is 2.53 bits per heavy atom. The van der Waals surface area contributed by atoms with Crippen LogP contribution in [0.15, 0.2) is 18.5 Å². The van der Waals surface area contributed by atoms with Crippen molar-refractivity contribution >= 4 is 5.91 Å². The minimum atomic E-state index is -0.532. The van der Waals surface area contributed by atoms with Crippen molar-refractivity contribution in [3.05, 3.63) is 29.8 Å². The molecule has 0 aliphatic carbocycles. The Bertz CT molecular complexity index is 447. The molecule has 0 N–H and O–H groups in total. The normalized spacial score (nSPS) is 18.4. The van der Waals surface area contributed by atoms with E-state index in [1.807, 2.05) is 0 Å². The van der Waals surface area contributed by atoms with Crippen LogP contribution in [-0.2, 0) is 0 Å². The van der Waals surface area contributed by atoms with Gasteiger partial charge in [-0.2, -0.15) is 0 Å². The van der Waals surface area contributed by atoms with Crippen LogP contribution in [0.4, 0.5) is 4.39 Å². The maximum absolute atomic E-state index is 13.6. The van der Waals surface area contributed by atoms with Gasteiger partial charge in [0.15, 0.2) is 5.82 Å². The second kappa shape index (κ2) is 5.68. The van der Waals surface area contributed by atoms with Crippen molar-refractivity contribution in [3.63, 3.8) is 0 Å². The number of halogens is 1. The number of carbonyl (C=O) groups is 1. The summed E-state index contributed by atoms with van der Waals surface area (Å²) in [6.07, 6.45) is 6.88. The maximum atomic E-state index is 13.6. The first-order valence-electron chi connectivity index (χ1n) is 7.00. The minimum Gasteiger partial charge on any atom is -0.339 e. The fraction of sp³-hybridized carbons (Fsp3) is 0.600. The Kier molecular flexibility index (Phi) is 4.17. The molecular formula is C15H21FN2O. The van der Waals surface area contributed by atoms with E-state index >= 15 is 0 Å². The highest BCUT2D eigenvalue weighted by Crippen LogP contribution is 2.38. The van der Waals surface area contributed by atoms with Crippen molar-refractivity contribution in [1.29, 1.82) is 0 Å². The fourth-order valence-electron chi connectivity index (χ4n) is 2.86. The molecule has 0 aromatic carbocycles. The molecule has 1 saturated heterocycles. The van der Waals surface area contributed by atoms with Crippen molar-refractivity contribution in [1.82, 2.24) is 9.88 Å². The Balaban J connectivity index is 2.06. The van der Waals surface area contributed by atoms with E-state index in [4.69, 9.17) is 0 Å². The lowest BCUT2D eigenvalue weighted by molar-refractivity contribution is 0.0553.